The maximum atomic E-state index is 4.74. The fraction of sp³-hybridized carbons (Fsp3) is 0.389. The first-order valence-corrected chi connectivity index (χ1v) is 8.19. The van der Waals surface area contributed by atoms with Crippen molar-refractivity contribution in [2.24, 2.45) is 0 Å². The van der Waals surface area contributed by atoms with Gasteiger partial charge in [-0.25, -0.2) is 14.5 Å². The summed E-state index contributed by atoms with van der Waals surface area (Å²) in [6.07, 6.45) is 6.98. The van der Waals surface area contributed by atoms with Crippen LogP contribution >= 0.6 is 0 Å². The molecule has 5 nitrogen and oxygen atoms in total. The van der Waals surface area contributed by atoms with E-state index in [0.717, 1.165) is 31.9 Å². The van der Waals surface area contributed by atoms with Gasteiger partial charge in [0.1, 0.15) is 5.82 Å². The van der Waals surface area contributed by atoms with E-state index in [0.29, 0.717) is 5.92 Å². The molecule has 118 valence electrons. The lowest BCUT2D eigenvalue weighted by Gasteiger charge is -2.28. The topological polar surface area (TPSA) is 46.3 Å². The van der Waals surface area contributed by atoms with Gasteiger partial charge in [-0.05, 0) is 12.1 Å². The Hall–Kier alpha value is -2.27. The second kappa shape index (κ2) is 5.74. The van der Waals surface area contributed by atoms with Gasteiger partial charge in [0, 0.05) is 61.2 Å². The summed E-state index contributed by atoms with van der Waals surface area (Å²) in [5.41, 5.74) is 4.94. The Kier molecular flexibility index (Phi) is 3.58. The highest BCUT2D eigenvalue weighted by Gasteiger charge is 2.20. The molecule has 0 saturated carbocycles. The van der Waals surface area contributed by atoms with E-state index in [9.17, 15) is 0 Å². The Morgan fingerprint density at radius 2 is 2.13 bits per heavy atom. The second-order valence-electron chi connectivity index (χ2n) is 6.52. The van der Waals surface area contributed by atoms with Crippen LogP contribution in [-0.2, 0) is 19.5 Å². The number of rotatable bonds is 3. The first-order valence-electron chi connectivity index (χ1n) is 8.19. The van der Waals surface area contributed by atoms with Crippen molar-refractivity contribution in [1.82, 2.24) is 24.5 Å². The van der Waals surface area contributed by atoms with Crippen LogP contribution in [0.2, 0.25) is 0 Å². The van der Waals surface area contributed by atoms with Crippen LogP contribution in [0.3, 0.4) is 0 Å². The molecule has 0 atom stereocenters. The molecule has 4 heterocycles. The van der Waals surface area contributed by atoms with Crippen LogP contribution in [0.15, 0.2) is 36.8 Å². The van der Waals surface area contributed by atoms with Crippen molar-refractivity contribution < 1.29 is 0 Å². The number of nitrogens with zero attached hydrogens (tertiary/aromatic N) is 5. The summed E-state index contributed by atoms with van der Waals surface area (Å²) < 4.78 is 1.94. The van der Waals surface area contributed by atoms with E-state index in [2.05, 4.69) is 41.0 Å². The number of hydrogen-bond donors (Lipinski definition) is 0. The molecule has 1 aliphatic rings. The van der Waals surface area contributed by atoms with E-state index in [1.807, 2.05) is 29.2 Å². The van der Waals surface area contributed by atoms with Crippen LogP contribution in [0.1, 0.15) is 42.4 Å². The van der Waals surface area contributed by atoms with Gasteiger partial charge >= 0.3 is 0 Å². The molecule has 0 N–H and O–H groups in total. The Morgan fingerprint density at radius 3 is 3.00 bits per heavy atom. The molecule has 0 saturated heterocycles. The van der Waals surface area contributed by atoms with Gasteiger partial charge in [-0.15, -0.1) is 0 Å². The molecule has 1 aliphatic heterocycles. The first kappa shape index (κ1) is 14.3. The molecule has 0 bridgehead atoms. The Labute approximate surface area is 136 Å². The minimum absolute atomic E-state index is 0.386. The fourth-order valence-electron chi connectivity index (χ4n) is 3.15. The highest BCUT2D eigenvalue weighted by molar-refractivity contribution is 5.53. The lowest BCUT2D eigenvalue weighted by molar-refractivity contribution is 0.243. The van der Waals surface area contributed by atoms with Gasteiger partial charge in [0.2, 0.25) is 0 Å². The van der Waals surface area contributed by atoms with Crippen molar-refractivity contribution in [3.63, 3.8) is 0 Å². The largest absolute Gasteiger partial charge is 0.294 e. The lowest BCUT2D eigenvalue weighted by atomic mass is 10.1. The van der Waals surface area contributed by atoms with Crippen molar-refractivity contribution in [3.05, 3.63) is 59.4 Å². The minimum Gasteiger partial charge on any atom is -0.294 e. The van der Waals surface area contributed by atoms with E-state index in [4.69, 9.17) is 4.98 Å². The van der Waals surface area contributed by atoms with Crippen molar-refractivity contribution in [3.8, 4) is 0 Å². The number of aromatic nitrogens is 4. The molecule has 0 radical (unpaired) electrons. The zero-order valence-corrected chi connectivity index (χ0v) is 13.6. The van der Waals surface area contributed by atoms with Crippen LogP contribution in [0, 0.1) is 0 Å². The van der Waals surface area contributed by atoms with Crippen molar-refractivity contribution in [2.75, 3.05) is 6.54 Å². The van der Waals surface area contributed by atoms with Crippen LogP contribution in [-0.4, -0.2) is 31.0 Å². The van der Waals surface area contributed by atoms with E-state index in [1.54, 1.807) is 0 Å². The summed E-state index contributed by atoms with van der Waals surface area (Å²) in [5.74, 6) is 1.34. The third kappa shape index (κ3) is 2.72. The Bertz CT molecular complexity index is 836. The second-order valence-corrected chi connectivity index (χ2v) is 6.52. The van der Waals surface area contributed by atoms with Crippen LogP contribution in [0.5, 0.6) is 0 Å². The van der Waals surface area contributed by atoms with Gasteiger partial charge in [0.25, 0.3) is 0 Å². The molecule has 3 aromatic heterocycles. The van der Waals surface area contributed by atoms with Gasteiger partial charge in [0.05, 0.1) is 11.7 Å². The predicted octanol–water partition coefficient (Wildman–Crippen LogP) is 2.81. The lowest BCUT2D eigenvalue weighted by Crippen LogP contribution is -2.31. The summed E-state index contributed by atoms with van der Waals surface area (Å²) in [5, 5.41) is 4.42. The number of fused-ring (bicyclic) bond motifs is 2. The monoisotopic (exact) mass is 307 g/mol. The van der Waals surface area contributed by atoms with Gasteiger partial charge in [-0.2, -0.15) is 5.10 Å². The summed E-state index contributed by atoms with van der Waals surface area (Å²) in [6, 6.07) is 6.19. The average Bonchev–Trinajstić information content (AvgIpc) is 2.97. The Morgan fingerprint density at radius 1 is 1.22 bits per heavy atom. The minimum atomic E-state index is 0.386. The number of hydrogen-bond acceptors (Lipinski definition) is 4. The predicted molar refractivity (Wildman–Crippen MR) is 89.1 cm³/mol. The SMILES string of the molecule is CC(C)c1ncc2c(n1)CCN(Cc1cnn3ccccc13)C2. The molecule has 23 heavy (non-hydrogen) atoms. The molecule has 0 unspecified atom stereocenters. The van der Waals surface area contributed by atoms with Crippen LogP contribution < -0.4 is 0 Å². The van der Waals surface area contributed by atoms with Crippen LogP contribution in [0.4, 0.5) is 0 Å². The van der Waals surface area contributed by atoms with Crippen molar-refractivity contribution >= 4 is 5.52 Å². The standard InChI is InChI=1S/C18H21N5/c1-13(2)18-19-9-14-11-22(8-6-16(14)21-18)12-15-10-20-23-7-4-3-5-17(15)23/h3-5,7,9-10,13H,6,8,11-12H2,1-2H3. The fourth-order valence-corrected chi connectivity index (χ4v) is 3.15. The smallest absolute Gasteiger partial charge is 0.131 e. The van der Waals surface area contributed by atoms with Gasteiger partial charge < -0.3 is 0 Å². The van der Waals surface area contributed by atoms with E-state index in [-0.39, 0.29) is 0 Å². The third-order valence-corrected chi connectivity index (χ3v) is 4.45. The third-order valence-electron chi connectivity index (χ3n) is 4.45. The Balaban J connectivity index is 1.54. The molecule has 0 fully saturated rings. The molecule has 0 aliphatic carbocycles. The highest BCUT2D eigenvalue weighted by Crippen LogP contribution is 2.21. The molecule has 0 aromatic carbocycles. The van der Waals surface area contributed by atoms with E-state index >= 15 is 0 Å². The molecular weight excluding hydrogens is 286 g/mol. The average molecular weight is 307 g/mol. The molecule has 4 rings (SSSR count). The number of pyridine rings is 1. The maximum absolute atomic E-state index is 4.74. The first-order chi connectivity index (χ1) is 11.2. The normalized spacial score (nSPS) is 15.3. The summed E-state index contributed by atoms with van der Waals surface area (Å²) in [7, 11) is 0. The molecule has 3 aromatic rings. The van der Waals surface area contributed by atoms with Crippen molar-refractivity contribution in [2.45, 2.75) is 39.3 Å². The van der Waals surface area contributed by atoms with Gasteiger partial charge in [-0.1, -0.05) is 19.9 Å². The highest BCUT2D eigenvalue weighted by atomic mass is 15.2. The molecule has 0 spiro atoms. The molecule has 0 amide bonds. The van der Waals surface area contributed by atoms with Gasteiger partial charge in [0.15, 0.2) is 0 Å². The van der Waals surface area contributed by atoms with Gasteiger partial charge in [-0.3, -0.25) is 4.90 Å². The van der Waals surface area contributed by atoms with E-state index in [1.165, 1.54) is 22.3 Å². The summed E-state index contributed by atoms with van der Waals surface area (Å²) in [4.78, 5) is 11.7. The molecule has 5 heteroatoms. The molecular formula is C18H21N5. The zero-order valence-electron chi connectivity index (χ0n) is 13.6. The quantitative estimate of drug-likeness (QED) is 0.746. The van der Waals surface area contributed by atoms with Crippen LogP contribution in [0.25, 0.3) is 5.52 Å². The summed E-state index contributed by atoms with van der Waals surface area (Å²) in [6.45, 7) is 7.15. The maximum Gasteiger partial charge on any atom is 0.131 e. The zero-order chi connectivity index (χ0) is 15.8. The summed E-state index contributed by atoms with van der Waals surface area (Å²) >= 11 is 0. The van der Waals surface area contributed by atoms with Crippen molar-refractivity contribution in [1.29, 1.82) is 0 Å². The van der Waals surface area contributed by atoms with E-state index < -0.39 is 0 Å².